The molecule has 2 N–H and O–H groups in total. The fourth-order valence-corrected chi connectivity index (χ4v) is 5.08. The molecule has 0 aromatic carbocycles. The number of rotatable bonds is 4. The molecule has 2 atom stereocenters. The number of anilines is 1. The number of carbonyl (C=O) groups is 1. The summed E-state index contributed by atoms with van der Waals surface area (Å²) in [5, 5.41) is 3.71. The minimum atomic E-state index is -0.625. The first-order valence-corrected chi connectivity index (χ1v) is 10.0. The number of aromatic nitrogens is 4. The quantitative estimate of drug-likeness (QED) is 0.634. The molecule has 3 saturated carbocycles. The van der Waals surface area contributed by atoms with E-state index in [1.54, 1.807) is 6.20 Å². The zero-order valence-electron chi connectivity index (χ0n) is 16.4. The molecule has 6 rings (SSSR count). The number of aromatic amines is 1. The van der Waals surface area contributed by atoms with Gasteiger partial charge in [0, 0.05) is 23.2 Å². The topological polar surface area (TPSA) is 92.8 Å². The Morgan fingerprint density at radius 2 is 1.93 bits per heavy atom. The molecule has 30 heavy (non-hydrogen) atoms. The first kappa shape index (κ1) is 18.9. The number of fused-ring (bicyclic) bond motifs is 4. The highest BCUT2D eigenvalue weighted by atomic mass is 19.1. The molecular weight excluding hydrogens is 392 g/mol. The Labute approximate surface area is 171 Å². The van der Waals surface area contributed by atoms with Crippen molar-refractivity contribution in [1.29, 1.82) is 0 Å². The Morgan fingerprint density at radius 3 is 2.70 bits per heavy atom. The molecule has 2 bridgehead atoms. The van der Waals surface area contributed by atoms with Crippen molar-refractivity contribution < 1.29 is 18.3 Å². The second-order valence-electron chi connectivity index (χ2n) is 8.04. The molecule has 0 spiro atoms. The monoisotopic (exact) mass is 413 g/mol. The summed E-state index contributed by atoms with van der Waals surface area (Å²) in [5.74, 6) is -0.842. The van der Waals surface area contributed by atoms with E-state index >= 15 is 0 Å². The Morgan fingerprint density at radius 1 is 1.17 bits per heavy atom. The van der Waals surface area contributed by atoms with Crippen molar-refractivity contribution in [3.8, 4) is 11.3 Å². The average Bonchev–Trinajstić information content (AvgIpc) is 3.18. The van der Waals surface area contributed by atoms with E-state index in [-0.39, 0.29) is 35.5 Å². The lowest BCUT2D eigenvalue weighted by Crippen LogP contribution is -2.52. The first-order chi connectivity index (χ1) is 14.5. The second-order valence-corrected chi connectivity index (χ2v) is 8.04. The van der Waals surface area contributed by atoms with Gasteiger partial charge in [0.05, 0.1) is 25.4 Å². The molecule has 0 radical (unpaired) electrons. The maximum atomic E-state index is 14.6. The van der Waals surface area contributed by atoms with Gasteiger partial charge < -0.3 is 15.0 Å². The van der Waals surface area contributed by atoms with E-state index in [0.29, 0.717) is 22.5 Å². The van der Waals surface area contributed by atoms with Crippen molar-refractivity contribution in [2.45, 2.75) is 31.7 Å². The van der Waals surface area contributed by atoms with E-state index in [1.807, 2.05) is 0 Å². The maximum Gasteiger partial charge on any atom is 0.311 e. The van der Waals surface area contributed by atoms with Gasteiger partial charge in [0.25, 0.3) is 0 Å². The molecule has 3 aromatic heterocycles. The van der Waals surface area contributed by atoms with E-state index in [1.165, 1.54) is 13.2 Å². The summed E-state index contributed by atoms with van der Waals surface area (Å²) >= 11 is 0. The molecule has 156 valence electrons. The van der Waals surface area contributed by atoms with Gasteiger partial charge in [-0.2, -0.15) is 0 Å². The molecule has 7 nitrogen and oxygen atoms in total. The van der Waals surface area contributed by atoms with Gasteiger partial charge >= 0.3 is 5.97 Å². The molecule has 3 aromatic rings. The smallest absolute Gasteiger partial charge is 0.311 e. The molecular formula is C21H21F2N5O2. The maximum absolute atomic E-state index is 14.6. The van der Waals surface area contributed by atoms with Crippen LogP contribution in [0.4, 0.5) is 14.7 Å². The summed E-state index contributed by atoms with van der Waals surface area (Å²) in [6.45, 7) is 0. The van der Waals surface area contributed by atoms with Crippen molar-refractivity contribution >= 4 is 23.0 Å². The van der Waals surface area contributed by atoms with Crippen LogP contribution in [0.3, 0.4) is 0 Å². The highest BCUT2D eigenvalue weighted by Crippen LogP contribution is 2.46. The summed E-state index contributed by atoms with van der Waals surface area (Å²) < 4.78 is 33.3. The zero-order chi connectivity index (χ0) is 20.8. The van der Waals surface area contributed by atoms with Crippen LogP contribution in [0.2, 0.25) is 0 Å². The van der Waals surface area contributed by atoms with Crippen LogP contribution >= 0.6 is 0 Å². The van der Waals surface area contributed by atoms with Gasteiger partial charge in [-0.3, -0.25) is 4.79 Å². The van der Waals surface area contributed by atoms with Gasteiger partial charge in [0.2, 0.25) is 5.95 Å². The lowest BCUT2D eigenvalue weighted by molar-refractivity contribution is -0.152. The molecule has 0 amide bonds. The van der Waals surface area contributed by atoms with E-state index in [0.717, 1.165) is 38.1 Å². The number of nitrogens with zero attached hydrogens (tertiary/aromatic N) is 3. The van der Waals surface area contributed by atoms with Crippen LogP contribution in [0.25, 0.3) is 22.3 Å². The molecule has 0 unspecified atom stereocenters. The summed E-state index contributed by atoms with van der Waals surface area (Å²) in [5.41, 5.74) is 0.880. The Balaban J connectivity index is 1.50. The van der Waals surface area contributed by atoms with E-state index < -0.39 is 11.6 Å². The van der Waals surface area contributed by atoms with Crippen molar-refractivity contribution in [2.75, 3.05) is 12.4 Å². The van der Waals surface area contributed by atoms with Crippen molar-refractivity contribution in [3.05, 3.63) is 36.3 Å². The minimum absolute atomic E-state index is 0.0433. The Bertz CT molecular complexity index is 1110. The van der Waals surface area contributed by atoms with Crippen LogP contribution in [-0.2, 0) is 9.53 Å². The van der Waals surface area contributed by atoms with E-state index in [2.05, 4.69) is 25.3 Å². The van der Waals surface area contributed by atoms with E-state index in [9.17, 15) is 13.6 Å². The van der Waals surface area contributed by atoms with Gasteiger partial charge in [-0.15, -0.1) is 0 Å². The zero-order valence-corrected chi connectivity index (χ0v) is 16.4. The number of methoxy groups -OCH3 is 1. The molecule has 0 saturated heterocycles. The van der Waals surface area contributed by atoms with Gasteiger partial charge in [0.15, 0.2) is 5.82 Å². The third-order valence-corrected chi connectivity index (χ3v) is 6.49. The number of hydrogen-bond acceptors (Lipinski definition) is 6. The molecule has 3 aliphatic carbocycles. The first-order valence-electron chi connectivity index (χ1n) is 10.0. The Kier molecular flexibility index (Phi) is 4.60. The fraction of sp³-hybridized carbons (Fsp3) is 0.429. The number of H-pyrrole nitrogens is 1. The second kappa shape index (κ2) is 7.30. The fourth-order valence-electron chi connectivity index (χ4n) is 5.08. The summed E-state index contributed by atoms with van der Waals surface area (Å²) in [6.07, 6.45) is 7.79. The lowest BCUT2D eigenvalue weighted by atomic mass is 9.61. The number of hydrogen-bond donors (Lipinski definition) is 2. The predicted octanol–water partition coefficient (Wildman–Crippen LogP) is 3.69. The SMILES string of the molecule is COC(=O)[C@@H]1C2CCC(CC2)[C@H]1Nc1ncc(F)c(-c2c[nH]c3ncc(F)cc23)n1. The average molecular weight is 413 g/mol. The molecule has 9 heteroatoms. The Hall–Kier alpha value is -3.10. The number of halogens is 2. The van der Waals surface area contributed by atoms with Crippen LogP contribution in [0.1, 0.15) is 25.7 Å². The third-order valence-electron chi connectivity index (χ3n) is 6.49. The number of nitrogens with one attached hydrogen (secondary N) is 2. The highest BCUT2D eigenvalue weighted by molar-refractivity contribution is 5.92. The van der Waals surface area contributed by atoms with Gasteiger partial charge in [0.1, 0.15) is 17.2 Å². The predicted molar refractivity (Wildman–Crippen MR) is 105 cm³/mol. The van der Waals surface area contributed by atoms with Crippen LogP contribution in [-0.4, -0.2) is 39.1 Å². The number of ether oxygens (including phenoxy) is 1. The van der Waals surface area contributed by atoms with Crippen LogP contribution in [0.15, 0.2) is 24.7 Å². The van der Waals surface area contributed by atoms with Crippen molar-refractivity contribution in [2.24, 2.45) is 17.8 Å². The largest absolute Gasteiger partial charge is 0.469 e. The van der Waals surface area contributed by atoms with Crippen LogP contribution in [0, 0.1) is 29.4 Å². The minimum Gasteiger partial charge on any atom is -0.469 e. The third kappa shape index (κ3) is 3.09. The molecule has 3 aliphatic rings. The van der Waals surface area contributed by atoms with Crippen molar-refractivity contribution in [1.82, 2.24) is 19.9 Å². The summed E-state index contributed by atoms with van der Waals surface area (Å²) in [6, 6.07) is 1.13. The lowest BCUT2D eigenvalue weighted by Gasteiger charge is -2.47. The van der Waals surface area contributed by atoms with Gasteiger partial charge in [-0.25, -0.2) is 23.7 Å². The summed E-state index contributed by atoms with van der Waals surface area (Å²) in [4.78, 5) is 27.8. The number of esters is 1. The normalized spacial score (nSPS) is 25.4. The standard InChI is InChI=1S/C21H21F2N5O2/c1-30-20(29)16-10-2-4-11(5-3-10)17(16)27-21-26-9-15(23)18(28-21)14-8-25-19-13(14)6-12(22)7-24-19/h6-11,16-17H,2-5H2,1H3,(H,24,25)(H,26,27,28)/t10?,11?,16-,17-/m1/s1. The highest BCUT2D eigenvalue weighted by Gasteiger charge is 2.48. The van der Waals surface area contributed by atoms with Crippen LogP contribution < -0.4 is 5.32 Å². The van der Waals surface area contributed by atoms with Crippen molar-refractivity contribution in [3.63, 3.8) is 0 Å². The molecule has 0 aliphatic heterocycles. The van der Waals surface area contributed by atoms with Gasteiger partial charge in [-0.05, 0) is 43.6 Å². The number of pyridine rings is 1. The molecule has 3 heterocycles. The van der Waals surface area contributed by atoms with Gasteiger partial charge in [-0.1, -0.05) is 0 Å². The summed E-state index contributed by atoms with van der Waals surface area (Å²) in [7, 11) is 1.40. The van der Waals surface area contributed by atoms with E-state index in [4.69, 9.17) is 4.74 Å². The van der Waals surface area contributed by atoms with Crippen LogP contribution in [0.5, 0.6) is 0 Å². The molecule has 3 fully saturated rings. The number of carbonyl (C=O) groups excluding carboxylic acids is 1.